The van der Waals surface area contributed by atoms with E-state index in [2.05, 4.69) is 30.3 Å². The van der Waals surface area contributed by atoms with Gasteiger partial charge in [-0.15, -0.1) is 11.3 Å². The van der Waals surface area contributed by atoms with Gasteiger partial charge in [-0.25, -0.2) is 5.90 Å². The van der Waals surface area contributed by atoms with E-state index in [9.17, 15) is 0 Å². The summed E-state index contributed by atoms with van der Waals surface area (Å²) in [4.78, 5) is 6.08. The zero-order chi connectivity index (χ0) is 9.97. The van der Waals surface area contributed by atoms with Crippen molar-refractivity contribution in [2.75, 3.05) is 0 Å². The van der Waals surface area contributed by atoms with E-state index in [0.29, 0.717) is 0 Å². The van der Waals surface area contributed by atoms with Gasteiger partial charge in [0.25, 0.3) is 0 Å². The van der Waals surface area contributed by atoms with Crippen molar-refractivity contribution >= 4 is 21.4 Å². The Balaban J connectivity index is 2.27. The maximum absolute atomic E-state index is 5.12. The molecule has 1 atom stereocenters. The van der Waals surface area contributed by atoms with Crippen LogP contribution < -0.4 is 5.90 Å². The van der Waals surface area contributed by atoms with Gasteiger partial charge in [0.05, 0.1) is 6.10 Å². The number of hydrogen-bond donors (Lipinski definition) is 1. The molecule has 0 fully saturated rings. The fourth-order valence-electron chi connectivity index (χ4n) is 1.47. The van der Waals surface area contributed by atoms with E-state index in [4.69, 9.17) is 10.7 Å². The third-order valence-electron chi connectivity index (χ3n) is 2.20. The van der Waals surface area contributed by atoms with E-state index in [-0.39, 0.29) is 6.10 Å². The van der Waals surface area contributed by atoms with Gasteiger partial charge in [0.15, 0.2) is 0 Å². The molecule has 14 heavy (non-hydrogen) atoms. The lowest BCUT2D eigenvalue weighted by Gasteiger charge is -2.04. The van der Waals surface area contributed by atoms with Crippen molar-refractivity contribution in [1.82, 2.24) is 0 Å². The minimum absolute atomic E-state index is 0.0862. The monoisotopic (exact) mass is 207 g/mol. The Labute approximate surface area is 87.3 Å². The zero-order valence-corrected chi connectivity index (χ0v) is 8.88. The summed E-state index contributed by atoms with van der Waals surface area (Å²) in [5, 5.41) is 1.30. The molecule has 0 aliphatic carbocycles. The highest BCUT2D eigenvalue weighted by Gasteiger charge is 2.05. The van der Waals surface area contributed by atoms with Crippen LogP contribution in [0.25, 0.3) is 10.1 Å². The Morgan fingerprint density at radius 1 is 1.43 bits per heavy atom. The predicted molar refractivity (Wildman–Crippen MR) is 60.3 cm³/mol. The zero-order valence-electron chi connectivity index (χ0n) is 8.07. The lowest BCUT2D eigenvalue weighted by Crippen LogP contribution is -2.15. The first kappa shape index (κ1) is 9.65. The molecule has 2 rings (SSSR count). The number of benzene rings is 1. The largest absolute Gasteiger partial charge is 0.301 e. The van der Waals surface area contributed by atoms with Crippen LogP contribution in [-0.2, 0) is 11.3 Å². The molecule has 0 bridgehead atoms. The summed E-state index contributed by atoms with van der Waals surface area (Å²) in [6.45, 7) is 1.98. The Bertz CT molecular complexity index is 391. The van der Waals surface area contributed by atoms with Crippen LogP contribution in [0.5, 0.6) is 0 Å². The second-order valence-corrected chi connectivity index (χ2v) is 4.57. The van der Waals surface area contributed by atoms with Crippen molar-refractivity contribution in [3.63, 3.8) is 0 Å². The first-order valence-electron chi connectivity index (χ1n) is 4.62. The highest BCUT2D eigenvalue weighted by Crippen LogP contribution is 2.26. The van der Waals surface area contributed by atoms with Crippen LogP contribution in [0.3, 0.4) is 0 Å². The van der Waals surface area contributed by atoms with Gasteiger partial charge in [-0.1, -0.05) is 18.2 Å². The van der Waals surface area contributed by atoms with Crippen LogP contribution in [0.15, 0.2) is 30.3 Å². The number of fused-ring (bicyclic) bond motifs is 1. The minimum atomic E-state index is 0.0862. The molecule has 1 aromatic heterocycles. The van der Waals surface area contributed by atoms with Crippen molar-refractivity contribution in [2.24, 2.45) is 5.90 Å². The van der Waals surface area contributed by atoms with Gasteiger partial charge >= 0.3 is 0 Å². The van der Waals surface area contributed by atoms with Gasteiger partial charge in [-0.2, -0.15) is 0 Å². The quantitative estimate of drug-likeness (QED) is 0.785. The molecule has 3 heteroatoms. The summed E-state index contributed by atoms with van der Waals surface area (Å²) in [6.07, 6.45) is 0.971. The lowest BCUT2D eigenvalue weighted by molar-refractivity contribution is 0.0676. The summed E-state index contributed by atoms with van der Waals surface area (Å²) >= 11 is 1.81. The van der Waals surface area contributed by atoms with Crippen LogP contribution >= 0.6 is 11.3 Å². The minimum Gasteiger partial charge on any atom is -0.301 e. The molecule has 1 heterocycles. The van der Waals surface area contributed by atoms with Crippen molar-refractivity contribution in [3.05, 3.63) is 35.2 Å². The Morgan fingerprint density at radius 2 is 2.21 bits per heavy atom. The Morgan fingerprint density at radius 3 is 2.93 bits per heavy atom. The van der Waals surface area contributed by atoms with Gasteiger partial charge in [-0.3, -0.25) is 0 Å². The van der Waals surface area contributed by atoms with E-state index in [1.165, 1.54) is 15.0 Å². The maximum atomic E-state index is 5.12. The van der Waals surface area contributed by atoms with Crippen molar-refractivity contribution in [2.45, 2.75) is 19.4 Å². The topological polar surface area (TPSA) is 35.2 Å². The third-order valence-corrected chi connectivity index (χ3v) is 3.34. The molecule has 0 amide bonds. The van der Waals surface area contributed by atoms with Gasteiger partial charge in [-0.05, 0) is 24.4 Å². The standard InChI is InChI=1S/C11H13NOS/c1-8(13-12)6-10-7-9-4-2-3-5-11(9)14-10/h2-5,7-8H,6,12H2,1H3. The molecule has 0 spiro atoms. The van der Waals surface area contributed by atoms with Crippen molar-refractivity contribution in [1.29, 1.82) is 0 Å². The maximum Gasteiger partial charge on any atom is 0.0807 e. The van der Waals surface area contributed by atoms with Crippen molar-refractivity contribution in [3.8, 4) is 0 Å². The van der Waals surface area contributed by atoms with Gasteiger partial charge in [0.1, 0.15) is 0 Å². The van der Waals surface area contributed by atoms with Crippen LogP contribution in [0.2, 0.25) is 0 Å². The molecular weight excluding hydrogens is 194 g/mol. The third kappa shape index (κ3) is 1.95. The number of hydrogen-bond acceptors (Lipinski definition) is 3. The summed E-state index contributed by atoms with van der Waals surface area (Å²) in [5.41, 5.74) is 0. The molecule has 1 unspecified atom stereocenters. The molecule has 2 aromatic rings. The smallest absolute Gasteiger partial charge is 0.0807 e. The van der Waals surface area contributed by atoms with E-state index >= 15 is 0 Å². The Hall–Kier alpha value is -0.900. The van der Waals surface area contributed by atoms with Crippen LogP contribution in [0.4, 0.5) is 0 Å². The number of nitrogens with two attached hydrogens (primary N) is 1. The van der Waals surface area contributed by atoms with Crippen molar-refractivity contribution < 1.29 is 4.84 Å². The molecule has 0 aliphatic heterocycles. The highest BCUT2D eigenvalue weighted by molar-refractivity contribution is 7.19. The molecule has 2 nitrogen and oxygen atoms in total. The van der Waals surface area contributed by atoms with Crippen LogP contribution in [0, 0.1) is 0 Å². The van der Waals surface area contributed by atoms with Gasteiger partial charge < -0.3 is 4.84 Å². The summed E-state index contributed by atoms with van der Waals surface area (Å²) < 4.78 is 1.33. The first-order chi connectivity index (χ1) is 6.79. The second kappa shape index (κ2) is 4.09. The molecule has 74 valence electrons. The fourth-order valence-corrected chi connectivity index (χ4v) is 2.65. The molecule has 0 saturated carbocycles. The van der Waals surface area contributed by atoms with Crippen LogP contribution in [-0.4, -0.2) is 6.10 Å². The molecule has 0 radical (unpaired) electrons. The van der Waals surface area contributed by atoms with Gasteiger partial charge in [0, 0.05) is 16.0 Å². The molecule has 0 saturated heterocycles. The summed E-state index contributed by atoms with van der Waals surface area (Å²) in [7, 11) is 0. The number of thiophene rings is 1. The summed E-state index contributed by atoms with van der Waals surface area (Å²) in [6, 6.07) is 10.6. The predicted octanol–water partition coefficient (Wildman–Crippen LogP) is 2.72. The average Bonchev–Trinajstić information content (AvgIpc) is 2.59. The molecule has 0 aliphatic rings. The first-order valence-corrected chi connectivity index (χ1v) is 5.44. The van der Waals surface area contributed by atoms with E-state index in [0.717, 1.165) is 6.42 Å². The fraction of sp³-hybridized carbons (Fsp3) is 0.273. The SMILES string of the molecule is CC(Cc1cc2ccccc2s1)ON. The lowest BCUT2D eigenvalue weighted by atomic mass is 10.2. The second-order valence-electron chi connectivity index (χ2n) is 3.40. The van der Waals surface area contributed by atoms with Crippen LogP contribution in [0.1, 0.15) is 11.8 Å². The van der Waals surface area contributed by atoms with E-state index in [1.54, 1.807) is 11.3 Å². The van der Waals surface area contributed by atoms with E-state index < -0.39 is 0 Å². The average molecular weight is 207 g/mol. The van der Waals surface area contributed by atoms with E-state index in [1.807, 2.05) is 6.92 Å². The molecule has 2 N–H and O–H groups in total. The van der Waals surface area contributed by atoms with Gasteiger partial charge in [0.2, 0.25) is 0 Å². The summed E-state index contributed by atoms with van der Waals surface area (Å²) in [5.74, 6) is 5.12. The highest BCUT2D eigenvalue weighted by atomic mass is 32.1. The molecule has 1 aromatic carbocycles. The molecular formula is C11H13NOS. The number of rotatable bonds is 3. The Kier molecular flexibility index (Phi) is 2.82. The normalized spacial score (nSPS) is 13.3.